The lowest BCUT2D eigenvalue weighted by Crippen LogP contribution is -2.51. The molecule has 184 valence electrons. The van der Waals surface area contributed by atoms with Crippen LogP contribution >= 0.6 is 0 Å². The van der Waals surface area contributed by atoms with E-state index in [0.717, 1.165) is 0 Å². The Labute approximate surface area is 197 Å². The summed E-state index contributed by atoms with van der Waals surface area (Å²) < 4.78 is 10.5. The minimum Gasteiger partial charge on any atom is -0.507 e. The number of hydrogen-bond donors (Lipinski definition) is 1. The van der Waals surface area contributed by atoms with Crippen LogP contribution in [0.3, 0.4) is 0 Å². The SMILES string of the molecule is C#CC(C)OC(=O)OC1(C(=O)CCC(C)C)C(O)=C(C(=O)CC(C)C)C(=O)C1CCC(C)C. The van der Waals surface area contributed by atoms with Gasteiger partial charge in [0.05, 0.1) is 5.92 Å². The van der Waals surface area contributed by atoms with Gasteiger partial charge in [-0.2, -0.15) is 0 Å². The van der Waals surface area contributed by atoms with Crippen LogP contribution in [0.15, 0.2) is 11.3 Å². The van der Waals surface area contributed by atoms with Gasteiger partial charge in [-0.25, -0.2) is 4.79 Å². The van der Waals surface area contributed by atoms with Crippen LogP contribution in [0, 0.1) is 36.0 Å². The summed E-state index contributed by atoms with van der Waals surface area (Å²) in [6.07, 6.45) is 4.14. The van der Waals surface area contributed by atoms with E-state index >= 15 is 0 Å². The van der Waals surface area contributed by atoms with Crippen molar-refractivity contribution < 1.29 is 33.8 Å². The van der Waals surface area contributed by atoms with Crippen molar-refractivity contribution in [3.05, 3.63) is 11.3 Å². The second-order valence-corrected chi connectivity index (χ2v) is 10.0. The predicted octanol–water partition coefficient (Wildman–Crippen LogP) is 4.97. The summed E-state index contributed by atoms with van der Waals surface area (Å²) in [6, 6.07) is 0. The van der Waals surface area contributed by atoms with Crippen molar-refractivity contribution in [2.75, 3.05) is 0 Å². The maximum atomic E-state index is 13.5. The molecule has 1 N–H and O–H groups in total. The van der Waals surface area contributed by atoms with E-state index in [2.05, 4.69) is 5.92 Å². The highest BCUT2D eigenvalue weighted by Crippen LogP contribution is 2.45. The number of Topliss-reactive ketones (excluding diaryl/α,β-unsaturated/α-hetero) is 3. The van der Waals surface area contributed by atoms with Crippen LogP contribution in [0.4, 0.5) is 4.79 Å². The van der Waals surface area contributed by atoms with Gasteiger partial charge in [0, 0.05) is 12.8 Å². The Morgan fingerprint density at radius 2 is 1.61 bits per heavy atom. The average Bonchev–Trinajstić information content (AvgIpc) is 2.90. The molecule has 0 aromatic heterocycles. The zero-order valence-electron chi connectivity index (χ0n) is 20.9. The molecule has 7 heteroatoms. The van der Waals surface area contributed by atoms with Crippen molar-refractivity contribution in [3.8, 4) is 12.3 Å². The second kappa shape index (κ2) is 12.0. The molecule has 0 saturated carbocycles. The largest absolute Gasteiger partial charge is 0.511 e. The molecule has 0 fully saturated rings. The highest BCUT2D eigenvalue weighted by molar-refractivity contribution is 6.26. The van der Waals surface area contributed by atoms with Crippen LogP contribution < -0.4 is 0 Å². The van der Waals surface area contributed by atoms with Gasteiger partial charge in [0.2, 0.25) is 5.60 Å². The number of aliphatic hydroxyl groups excluding tert-OH is 1. The molecule has 0 bridgehead atoms. The van der Waals surface area contributed by atoms with Crippen LogP contribution in [0.2, 0.25) is 0 Å². The number of allylic oxidation sites excluding steroid dienone is 1. The number of carbonyl (C=O) groups excluding carboxylic acids is 4. The Hall–Kier alpha value is -2.62. The third-order valence-electron chi connectivity index (χ3n) is 5.66. The summed E-state index contributed by atoms with van der Waals surface area (Å²) in [5, 5.41) is 11.2. The summed E-state index contributed by atoms with van der Waals surface area (Å²) in [5.41, 5.74) is -2.75. The molecule has 1 aliphatic carbocycles. The third kappa shape index (κ3) is 6.93. The molecule has 33 heavy (non-hydrogen) atoms. The minimum atomic E-state index is -2.30. The fourth-order valence-electron chi connectivity index (χ4n) is 3.85. The van der Waals surface area contributed by atoms with Crippen molar-refractivity contribution >= 4 is 23.5 Å². The Bertz CT molecular complexity index is 828. The quantitative estimate of drug-likeness (QED) is 0.248. The lowest BCUT2D eigenvalue weighted by atomic mass is 9.78. The monoisotopic (exact) mass is 462 g/mol. The molecule has 0 spiro atoms. The van der Waals surface area contributed by atoms with Crippen molar-refractivity contribution in [1.82, 2.24) is 0 Å². The fourth-order valence-corrected chi connectivity index (χ4v) is 3.85. The maximum Gasteiger partial charge on any atom is 0.511 e. The lowest BCUT2D eigenvalue weighted by Gasteiger charge is -2.33. The van der Waals surface area contributed by atoms with E-state index in [1.165, 1.54) is 6.92 Å². The number of rotatable bonds is 12. The van der Waals surface area contributed by atoms with Gasteiger partial charge in [0.15, 0.2) is 29.2 Å². The second-order valence-electron chi connectivity index (χ2n) is 10.0. The van der Waals surface area contributed by atoms with E-state index in [1.807, 2.05) is 27.7 Å². The first-order valence-electron chi connectivity index (χ1n) is 11.7. The number of terminal acetylenes is 1. The maximum absolute atomic E-state index is 13.5. The zero-order valence-corrected chi connectivity index (χ0v) is 20.9. The summed E-state index contributed by atoms with van der Waals surface area (Å²) in [5.74, 6) is -1.40. The first-order chi connectivity index (χ1) is 15.3. The Kier molecular flexibility index (Phi) is 10.3. The molecule has 0 heterocycles. The van der Waals surface area contributed by atoms with Gasteiger partial charge in [-0.15, -0.1) is 6.42 Å². The van der Waals surface area contributed by atoms with Crippen LogP contribution in [-0.4, -0.2) is 40.3 Å². The highest BCUT2D eigenvalue weighted by atomic mass is 16.7. The topological polar surface area (TPSA) is 107 Å². The Morgan fingerprint density at radius 3 is 2.09 bits per heavy atom. The smallest absolute Gasteiger partial charge is 0.507 e. The van der Waals surface area contributed by atoms with Crippen molar-refractivity contribution in [2.24, 2.45) is 23.7 Å². The van der Waals surface area contributed by atoms with E-state index in [0.29, 0.717) is 12.8 Å². The van der Waals surface area contributed by atoms with E-state index in [-0.39, 0.29) is 37.0 Å². The molecule has 0 aromatic carbocycles. The van der Waals surface area contributed by atoms with Crippen LogP contribution in [-0.2, 0) is 23.9 Å². The van der Waals surface area contributed by atoms with Crippen molar-refractivity contribution in [2.45, 2.75) is 92.3 Å². The molecule has 3 atom stereocenters. The number of aliphatic hydroxyl groups is 1. The fraction of sp³-hybridized carbons (Fsp3) is 0.692. The number of ether oxygens (including phenoxy) is 2. The van der Waals surface area contributed by atoms with Gasteiger partial charge >= 0.3 is 6.16 Å². The van der Waals surface area contributed by atoms with Crippen molar-refractivity contribution in [3.63, 3.8) is 0 Å². The average molecular weight is 463 g/mol. The molecule has 0 aromatic rings. The number of ketones is 3. The number of carbonyl (C=O) groups is 4. The van der Waals surface area contributed by atoms with E-state index in [1.54, 1.807) is 13.8 Å². The summed E-state index contributed by atoms with van der Waals surface area (Å²) in [4.78, 5) is 52.4. The van der Waals surface area contributed by atoms with Crippen LogP contribution in [0.25, 0.3) is 0 Å². The van der Waals surface area contributed by atoms with Crippen LogP contribution in [0.1, 0.15) is 80.6 Å². The minimum absolute atomic E-state index is 0.0108. The summed E-state index contributed by atoms with van der Waals surface area (Å²) in [7, 11) is 0. The standard InChI is InChI=1S/C26H38O7/c1-9-18(8)32-25(31)33-26(21(28)13-11-16(4)5)19(12-10-15(2)3)23(29)22(24(26)30)20(27)14-17(6)7/h1,15-19,30H,10-14H2,2-8H3. The molecule has 0 saturated heterocycles. The van der Waals surface area contributed by atoms with Gasteiger partial charge in [-0.05, 0) is 37.5 Å². The normalized spacial score (nSPS) is 21.5. The third-order valence-corrected chi connectivity index (χ3v) is 5.66. The summed E-state index contributed by atoms with van der Waals surface area (Å²) >= 11 is 0. The molecular weight excluding hydrogens is 424 g/mol. The van der Waals surface area contributed by atoms with E-state index < -0.39 is 52.5 Å². The molecule has 1 aliphatic rings. The zero-order chi connectivity index (χ0) is 25.5. The van der Waals surface area contributed by atoms with Gasteiger partial charge in [0.25, 0.3) is 0 Å². The first kappa shape index (κ1) is 28.4. The lowest BCUT2D eigenvalue weighted by molar-refractivity contribution is -0.149. The molecule has 0 aliphatic heterocycles. The molecule has 0 amide bonds. The Balaban J connectivity index is 3.64. The number of hydrogen-bond acceptors (Lipinski definition) is 7. The highest BCUT2D eigenvalue weighted by Gasteiger charge is 2.63. The van der Waals surface area contributed by atoms with Gasteiger partial charge in [-0.1, -0.05) is 53.9 Å². The molecular formula is C26H38O7. The molecule has 7 nitrogen and oxygen atoms in total. The molecule has 3 unspecified atom stereocenters. The van der Waals surface area contributed by atoms with Crippen LogP contribution in [0.5, 0.6) is 0 Å². The van der Waals surface area contributed by atoms with Gasteiger partial charge < -0.3 is 14.6 Å². The Morgan fingerprint density at radius 1 is 1.03 bits per heavy atom. The first-order valence-corrected chi connectivity index (χ1v) is 11.7. The molecule has 0 radical (unpaired) electrons. The van der Waals surface area contributed by atoms with E-state index in [9.17, 15) is 24.3 Å². The predicted molar refractivity (Wildman–Crippen MR) is 124 cm³/mol. The van der Waals surface area contributed by atoms with E-state index in [4.69, 9.17) is 15.9 Å². The molecule has 1 rings (SSSR count). The van der Waals surface area contributed by atoms with Gasteiger partial charge in [-0.3, -0.25) is 14.4 Å². The summed E-state index contributed by atoms with van der Waals surface area (Å²) in [6.45, 7) is 12.8. The van der Waals surface area contributed by atoms with Crippen molar-refractivity contribution in [1.29, 1.82) is 0 Å². The van der Waals surface area contributed by atoms with Gasteiger partial charge in [0.1, 0.15) is 5.57 Å².